The Kier molecular flexibility index (Phi) is 4.69. The highest BCUT2D eigenvalue weighted by Gasteiger charge is 2.29. The van der Waals surface area contributed by atoms with Gasteiger partial charge in [0.25, 0.3) is 0 Å². The molecule has 0 saturated carbocycles. The van der Waals surface area contributed by atoms with Crippen LogP contribution in [0.15, 0.2) is 60.7 Å². The zero-order valence-corrected chi connectivity index (χ0v) is 12.5. The Hall–Kier alpha value is -1.64. The summed E-state index contributed by atoms with van der Waals surface area (Å²) in [7, 11) is 0. The summed E-state index contributed by atoms with van der Waals surface area (Å²) in [5.41, 5.74) is 8.72. The van der Waals surface area contributed by atoms with Gasteiger partial charge in [-0.05, 0) is 43.0 Å². The zero-order chi connectivity index (χ0) is 14.5. The van der Waals surface area contributed by atoms with Crippen LogP contribution in [0.5, 0.6) is 0 Å². The van der Waals surface area contributed by atoms with E-state index in [9.17, 15) is 0 Å². The highest BCUT2D eigenvalue weighted by atomic mass is 15.2. The Labute approximate surface area is 127 Å². The molecule has 2 nitrogen and oxygen atoms in total. The van der Waals surface area contributed by atoms with Crippen molar-refractivity contribution >= 4 is 0 Å². The SMILES string of the molecule is NCCC(c1ccccc1)N1CCC(c2ccccc2)C1. The maximum absolute atomic E-state index is 5.85. The second-order valence-electron chi connectivity index (χ2n) is 5.90. The molecule has 1 heterocycles. The number of likely N-dealkylation sites (tertiary alicyclic amines) is 1. The van der Waals surface area contributed by atoms with Crippen molar-refractivity contribution in [3.8, 4) is 0 Å². The fourth-order valence-corrected chi connectivity index (χ4v) is 3.46. The Morgan fingerprint density at radius 2 is 1.67 bits per heavy atom. The molecule has 0 radical (unpaired) electrons. The van der Waals surface area contributed by atoms with Crippen molar-refractivity contribution < 1.29 is 0 Å². The van der Waals surface area contributed by atoms with Crippen LogP contribution in [0.25, 0.3) is 0 Å². The Morgan fingerprint density at radius 3 is 2.33 bits per heavy atom. The van der Waals surface area contributed by atoms with Crippen molar-refractivity contribution in [3.63, 3.8) is 0 Å². The number of rotatable bonds is 5. The maximum atomic E-state index is 5.85. The number of benzene rings is 2. The average molecular weight is 280 g/mol. The largest absolute Gasteiger partial charge is 0.330 e. The average Bonchev–Trinajstić information content (AvgIpc) is 3.04. The molecule has 1 fully saturated rings. The van der Waals surface area contributed by atoms with Crippen LogP contribution in [0, 0.1) is 0 Å². The number of nitrogens with zero attached hydrogens (tertiary/aromatic N) is 1. The van der Waals surface area contributed by atoms with Crippen LogP contribution in [0.4, 0.5) is 0 Å². The lowest BCUT2D eigenvalue weighted by atomic mass is 9.98. The zero-order valence-electron chi connectivity index (χ0n) is 12.5. The van der Waals surface area contributed by atoms with Crippen molar-refractivity contribution in [2.24, 2.45) is 5.73 Å². The van der Waals surface area contributed by atoms with E-state index >= 15 is 0 Å². The van der Waals surface area contributed by atoms with E-state index in [2.05, 4.69) is 65.6 Å². The molecule has 110 valence electrons. The van der Waals surface area contributed by atoms with Gasteiger partial charge in [-0.1, -0.05) is 60.7 Å². The molecule has 0 aromatic heterocycles. The third-order valence-corrected chi connectivity index (χ3v) is 4.56. The highest BCUT2D eigenvalue weighted by molar-refractivity contribution is 5.23. The molecule has 0 bridgehead atoms. The van der Waals surface area contributed by atoms with Crippen LogP contribution in [0.1, 0.15) is 35.9 Å². The molecule has 2 aromatic rings. The van der Waals surface area contributed by atoms with Gasteiger partial charge in [-0.3, -0.25) is 4.90 Å². The first-order valence-electron chi connectivity index (χ1n) is 7.92. The monoisotopic (exact) mass is 280 g/mol. The van der Waals surface area contributed by atoms with Crippen molar-refractivity contribution in [2.45, 2.75) is 24.8 Å². The van der Waals surface area contributed by atoms with E-state index < -0.39 is 0 Å². The van der Waals surface area contributed by atoms with Gasteiger partial charge in [0.1, 0.15) is 0 Å². The van der Waals surface area contributed by atoms with Gasteiger partial charge in [0.15, 0.2) is 0 Å². The molecule has 0 amide bonds. The topological polar surface area (TPSA) is 29.3 Å². The van der Waals surface area contributed by atoms with E-state index in [-0.39, 0.29) is 0 Å². The van der Waals surface area contributed by atoms with Gasteiger partial charge in [0, 0.05) is 12.6 Å². The molecule has 3 rings (SSSR count). The van der Waals surface area contributed by atoms with E-state index in [1.165, 1.54) is 24.1 Å². The summed E-state index contributed by atoms with van der Waals surface area (Å²) >= 11 is 0. The van der Waals surface area contributed by atoms with Crippen LogP contribution in [0.3, 0.4) is 0 Å². The quantitative estimate of drug-likeness (QED) is 0.907. The summed E-state index contributed by atoms with van der Waals surface area (Å²) in [6.07, 6.45) is 2.28. The van der Waals surface area contributed by atoms with E-state index in [1.807, 2.05) is 0 Å². The van der Waals surface area contributed by atoms with Gasteiger partial charge in [0.2, 0.25) is 0 Å². The van der Waals surface area contributed by atoms with Crippen LogP contribution >= 0.6 is 0 Å². The van der Waals surface area contributed by atoms with Crippen molar-refractivity contribution in [1.29, 1.82) is 0 Å². The standard InChI is InChI=1S/C19H24N2/c20-13-11-19(17-9-5-2-6-10-17)21-14-12-18(15-21)16-7-3-1-4-8-16/h1-10,18-19H,11-15,20H2. The highest BCUT2D eigenvalue weighted by Crippen LogP contribution is 2.34. The lowest BCUT2D eigenvalue weighted by Crippen LogP contribution is -2.28. The Bertz CT molecular complexity index is 538. The predicted octanol–water partition coefficient (Wildman–Crippen LogP) is 3.57. The summed E-state index contributed by atoms with van der Waals surface area (Å²) in [6.45, 7) is 3.05. The molecular weight excluding hydrogens is 256 g/mol. The van der Waals surface area contributed by atoms with E-state index in [0.717, 1.165) is 19.5 Å². The van der Waals surface area contributed by atoms with E-state index in [4.69, 9.17) is 5.73 Å². The fourth-order valence-electron chi connectivity index (χ4n) is 3.46. The number of hydrogen-bond donors (Lipinski definition) is 1. The minimum Gasteiger partial charge on any atom is -0.330 e. The molecule has 2 N–H and O–H groups in total. The lowest BCUT2D eigenvalue weighted by Gasteiger charge is -2.28. The number of nitrogens with two attached hydrogens (primary N) is 1. The molecule has 2 atom stereocenters. The predicted molar refractivity (Wildman–Crippen MR) is 88.2 cm³/mol. The summed E-state index contributed by atoms with van der Waals surface area (Å²) in [5, 5.41) is 0. The van der Waals surface area contributed by atoms with Gasteiger partial charge in [-0.25, -0.2) is 0 Å². The second kappa shape index (κ2) is 6.88. The summed E-state index contributed by atoms with van der Waals surface area (Å²) < 4.78 is 0. The summed E-state index contributed by atoms with van der Waals surface area (Å²) in [6, 6.07) is 22.2. The number of hydrogen-bond acceptors (Lipinski definition) is 2. The Balaban J connectivity index is 1.74. The van der Waals surface area contributed by atoms with Crippen molar-refractivity contribution in [3.05, 3.63) is 71.8 Å². The summed E-state index contributed by atoms with van der Waals surface area (Å²) in [5.74, 6) is 0.662. The van der Waals surface area contributed by atoms with Gasteiger partial charge < -0.3 is 5.73 Å². The third-order valence-electron chi connectivity index (χ3n) is 4.56. The summed E-state index contributed by atoms with van der Waals surface area (Å²) in [4.78, 5) is 2.61. The van der Waals surface area contributed by atoms with Crippen LogP contribution in [-0.2, 0) is 0 Å². The van der Waals surface area contributed by atoms with Crippen molar-refractivity contribution in [1.82, 2.24) is 4.90 Å². The van der Waals surface area contributed by atoms with Gasteiger partial charge in [-0.15, -0.1) is 0 Å². The molecule has 2 aromatic carbocycles. The minimum absolute atomic E-state index is 0.463. The first-order chi connectivity index (χ1) is 10.4. The normalized spacial score (nSPS) is 20.5. The third kappa shape index (κ3) is 3.34. The molecule has 21 heavy (non-hydrogen) atoms. The molecule has 0 aliphatic carbocycles. The Morgan fingerprint density at radius 1 is 1.00 bits per heavy atom. The van der Waals surface area contributed by atoms with Crippen LogP contribution in [0.2, 0.25) is 0 Å². The first kappa shape index (κ1) is 14.3. The molecule has 0 spiro atoms. The molecule has 2 unspecified atom stereocenters. The molecular formula is C19H24N2. The van der Waals surface area contributed by atoms with E-state index in [0.29, 0.717) is 12.0 Å². The smallest absolute Gasteiger partial charge is 0.0360 e. The molecule has 1 aliphatic rings. The lowest BCUT2D eigenvalue weighted by molar-refractivity contribution is 0.233. The van der Waals surface area contributed by atoms with Gasteiger partial charge in [0.05, 0.1) is 0 Å². The second-order valence-corrected chi connectivity index (χ2v) is 5.90. The van der Waals surface area contributed by atoms with Crippen molar-refractivity contribution in [2.75, 3.05) is 19.6 Å². The van der Waals surface area contributed by atoms with Crippen LogP contribution in [-0.4, -0.2) is 24.5 Å². The molecule has 1 aliphatic heterocycles. The van der Waals surface area contributed by atoms with Crippen LogP contribution < -0.4 is 5.73 Å². The van der Waals surface area contributed by atoms with Gasteiger partial charge in [-0.2, -0.15) is 0 Å². The molecule has 2 heteroatoms. The fraction of sp³-hybridized carbons (Fsp3) is 0.368. The van der Waals surface area contributed by atoms with E-state index in [1.54, 1.807) is 0 Å². The minimum atomic E-state index is 0.463. The first-order valence-corrected chi connectivity index (χ1v) is 7.92. The molecule has 1 saturated heterocycles. The maximum Gasteiger partial charge on any atom is 0.0360 e. The van der Waals surface area contributed by atoms with Gasteiger partial charge >= 0.3 is 0 Å².